The SMILES string of the molecule is CCn1ccnc1CC(NC)c1ccc(OC)c(OC)c1. The summed E-state index contributed by atoms with van der Waals surface area (Å²) in [5.41, 5.74) is 1.15. The predicted molar refractivity (Wildman–Crippen MR) is 83.0 cm³/mol. The molecule has 0 aliphatic rings. The van der Waals surface area contributed by atoms with Crippen molar-refractivity contribution in [2.45, 2.75) is 25.9 Å². The molecule has 1 aromatic carbocycles. The first kappa shape index (κ1) is 15.4. The van der Waals surface area contributed by atoms with Gasteiger partial charge in [-0.2, -0.15) is 0 Å². The molecule has 1 N–H and O–H groups in total. The summed E-state index contributed by atoms with van der Waals surface area (Å²) >= 11 is 0. The standard InChI is InChI=1S/C16H23N3O2/c1-5-19-9-8-18-16(19)11-13(17-2)12-6-7-14(20-3)15(10-12)21-4/h6-10,13,17H,5,11H2,1-4H3. The molecule has 1 unspecified atom stereocenters. The summed E-state index contributed by atoms with van der Waals surface area (Å²) < 4.78 is 12.8. The van der Waals surface area contributed by atoms with Crippen molar-refractivity contribution in [3.05, 3.63) is 42.0 Å². The van der Waals surface area contributed by atoms with E-state index in [0.717, 1.165) is 35.9 Å². The van der Waals surface area contributed by atoms with E-state index in [2.05, 4.69) is 27.9 Å². The van der Waals surface area contributed by atoms with Crippen LogP contribution in [0, 0.1) is 0 Å². The van der Waals surface area contributed by atoms with E-state index in [1.54, 1.807) is 14.2 Å². The van der Waals surface area contributed by atoms with Crippen molar-refractivity contribution in [1.29, 1.82) is 0 Å². The molecule has 0 saturated heterocycles. The number of nitrogens with zero attached hydrogens (tertiary/aromatic N) is 2. The summed E-state index contributed by atoms with van der Waals surface area (Å²) in [6, 6.07) is 6.18. The Morgan fingerprint density at radius 1 is 1.24 bits per heavy atom. The Hall–Kier alpha value is -2.01. The van der Waals surface area contributed by atoms with Crippen LogP contribution in [0.3, 0.4) is 0 Å². The lowest BCUT2D eigenvalue weighted by Crippen LogP contribution is -2.20. The molecule has 0 fully saturated rings. The zero-order valence-electron chi connectivity index (χ0n) is 13.1. The third kappa shape index (κ3) is 3.36. The predicted octanol–water partition coefficient (Wildman–Crippen LogP) is 2.42. The number of hydrogen-bond donors (Lipinski definition) is 1. The molecule has 0 spiro atoms. The van der Waals surface area contributed by atoms with Crippen molar-refractivity contribution >= 4 is 0 Å². The van der Waals surface area contributed by atoms with Gasteiger partial charge in [0.25, 0.3) is 0 Å². The van der Waals surface area contributed by atoms with Gasteiger partial charge in [-0.05, 0) is 31.7 Å². The molecular formula is C16H23N3O2. The van der Waals surface area contributed by atoms with E-state index in [4.69, 9.17) is 9.47 Å². The van der Waals surface area contributed by atoms with Crippen LogP contribution in [0.1, 0.15) is 24.4 Å². The topological polar surface area (TPSA) is 48.3 Å². The molecule has 0 aliphatic heterocycles. The molecule has 0 amide bonds. The summed E-state index contributed by atoms with van der Waals surface area (Å²) in [6.45, 7) is 3.05. The maximum absolute atomic E-state index is 5.38. The summed E-state index contributed by atoms with van der Waals surface area (Å²) in [4.78, 5) is 4.44. The van der Waals surface area contributed by atoms with Crippen LogP contribution in [0.4, 0.5) is 0 Å². The first-order chi connectivity index (χ1) is 10.2. The van der Waals surface area contributed by atoms with Crippen molar-refractivity contribution in [3.63, 3.8) is 0 Å². The van der Waals surface area contributed by atoms with Crippen LogP contribution in [0.25, 0.3) is 0 Å². The van der Waals surface area contributed by atoms with E-state index in [1.807, 2.05) is 31.6 Å². The number of likely N-dealkylation sites (N-methyl/N-ethyl adjacent to an activating group) is 1. The molecular weight excluding hydrogens is 266 g/mol. The number of aromatic nitrogens is 2. The summed E-state index contributed by atoms with van der Waals surface area (Å²) in [6.07, 6.45) is 4.68. The Morgan fingerprint density at radius 3 is 2.62 bits per heavy atom. The van der Waals surface area contributed by atoms with E-state index in [9.17, 15) is 0 Å². The number of ether oxygens (including phenoxy) is 2. The van der Waals surface area contributed by atoms with Crippen LogP contribution in [-0.4, -0.2) is 30.8 Å². The van der Waals surface area contributed by atoms with Crippen LogP contribution in [0.15, 0.2) is 30.6 Å². The Kier molecular flexibility index (Phi) is 5.22. The highest BCUT2D eigenvalue weighted by Gasteiger charge is 2.15. The average molecular weight is 289 g/mol. The fourth-order valence-corrected chi connectivity index (χ4v) is 2.46. The van der Waals surface area contributed by atoms with Crippen molar-refractivity contribution in [1.82, 2.24) is 14.9 Å². The highest BCUT2D eigenvalue weighted by Crippen LogP contribution is 2.30. The number of hydrogen-bond acceptors (Lipinski definition) is 4. The first-order valence-corrected chi connectivity index (χ1v) is 7.12. The molecule has 0 radical (unpaired) electrons. The van der Waals surface area contributed by atoms with Crippen LogP contribution in [0.5, 0.6) is 11.5 Å². The third-order valence-corrected chi connectivity index (χ3v) is 3.69. The van der Waals surface area contributed by atoms with Gasteiger partial charge in [0, 0.05) is 31.4 Å². The van der Waals surface area contributed by atoms with Crippen LogP contribution in [0.2, 0.25) is 0 Å². The van der Waals surface area contributed by atoms with Gasteiger partial charge in [-0.15, -0.1) is 0 Å². The largest absolute Gasteiger partial charge is 0.493 e. The number of aryl methyl sites for hydroxylation is 1. The van der Waals surface area contributed by atoms with E-state index in [1.165, 1.54) is 0 Å². The molecule has 5 heteroatoms. The fraction of sp³-hybridized carbons (Fsp3) is 0.438. The Balaban J connectivity index is 2.25. The summed E-state index contributed by atoms with van der Waals surface area (Å²) in [7, 11) is 5.26. The lowest BCUT2D eigenvalue weighted by Gasteiger charge is -2.18. The molecule has 21 heavy (non-hydrogen) atoms. The summed E-state index contributed by atoms with van der Waals surface area (Å²) in [5, 5.41) is 3.35. The number of methoxy groups -OCH3 is 2. The molecule has 2 aromatic rings. The van der Waals surface area contributed by atoms with Crippen LogP contribution < -0.4 is 14.8 Å². The van der Waals surface area contributed by atoms with Crippen molar-refractivity contribution < 1.29 is 9.47 Å². The molecule has 0 saturated carbocycles. The monoisotopic (exact) mass is 289 g/mol. The second kappa shape index (κ2) is 7.13. The molecule has 0 bridgehead atoms. The third-order valence-electron chi connectivity index (χ3n) is 3.69. The van der Waals surface area contributed by atoms with Gasteiger partial charge >= 0.3 is 0 Å². The average Bonchev–Trinajstić information content (AvgIpc) is 2.99. The van der Waals surface area contributed by atoms with Gasteiger partial charge in [0.15, 0.2) is 11.5 Å². The van der Waals surface area contributed by atoms with E-state index < -0.39 is 0 Å². The first-order valence-electron chi connectivity index (χ1n) is 7.12. The van der Waals surface area contributed by atoms with Crippen LogP contribution in [-0.2, 0) is 13.0 Å². The van der Waals surface area contributed by atoms with Crippen molar-refractivity contribution in [2.24, 2.45) is 0 Å². The maximum Gasteiger partial charge on any atom is 0.161 e. The highest BCUT2D eigenvalue weighted by molar-refractivity contribution is 5.44. The minimum absolute atomic E-state index is 0.178. The van der Waals surface area contributed by atoms with Gasteiger partial charge in [0.05, 0.1) is 14.2 Å². The normalized spacial score (nSPS) is 12.2. The van der Waals surface area contributed by atoms with Gasteiger partial charge in [-0.25, -0.2) is 4.98 Å². The second-order valence-electron chi connectivity index (χ2n) is 4.79. The molecule has 5 nitrogen and oxygen atoms in total. The molecule has 2 rings (SSSR count). The number of nitrogens with one attached hydrogen (secondary N) is 1. The molecule has 1 atom stereocenters. The van der Waals surface area contributed by atoms with Crippen molar-refractivity contribution in [3.8, 4) is 11.5 Å². The lowest BCUT2D eigenvalue weighted by molar-refractivity contribution is 0.354. The molecule has 1 aromatic heterocycles. The minimum Gasteiger partial charge on any atom is -0.493 e. The smallest absolute Gasteiger partial charge is 0.161 e. The Bertz CT molecular complexity index is 581. The number of benzene rings is 1. The van der Waals surface area contributed by atoms with Gasteiger partial charge in [0.1, 0.15) is 5.82 Å². The van der Waals surface area contributed by atoms with Crippen LogP contribution >= 0.6 is 0 Å². The molecule has 0 aliphatic carbocycles. The van der Waals surface area contributed by atoms with Gasteiger partial charge in [0.2, 0.25) is 0 Å². The van der Waals surface area contributed by atoms with E-state index in [-0.39, 0.29) is 6.04 Å². The number of imidazole rings is 1. The lowest BCUT2D eigenvalue weighted by atomic mass is 10.0. The highest BCUT2D eigenvalue weighted by atomic mass is 16.5. The Labute approximate surface area is 125 Å². The van der Waals surface area contributed by atoms with E-state index in [0.29, 0.717) is 0 Å². The maximum atomic E-state index is 5.38. The second-order valence-corrected chi connectivity index (χ2v) is 4.79. The molecule has 1 heterocycles. The minimum atomic E-state index is 0.178. The van der Waals surface area contributed by atoms with Gasteiger partial charge < -0.3 is 19.4 Å². The number of rotatable bonds is 7. The molecule has 114 valence electrons. The fourth-order valence-electron chi connectivity index (χ4n) is 2.46. The van der Waals surface area contributed by atoms with Gasteiger partial charge in [-0.1, -0.05) is 6.07 Å². The quantitative estimate of drug-likeness (QED) is 0.850. The summed E-state index contributed by atoms with van der Waals surface area (Å²) in [5.74, 6) is 2.56. The van der Waals surface area contributed by atoms with Gasteiger partial charge in [-0.3, -0.25) is 0 Å². The van der Waals surface area contributed by atoms with E-state index >= 15 is 0 Å². The Morgan fingerprint density at radius 2 is 2.00 bits per heavy atom. The zero-order chi connectivity index (χ0) is 15.2. The van der Waals surface area contributed by atoms with Crippen molar-refractivity contribution in [2.75, 3.05) is 21.3 Å². The zero-order valence-corrected chi connectivity index (χ0v) is 13.1.